The predicted octanol–water partition coefficient (Wildman–Crippen LogP) is 3.73. The van der Waals surface area contributed by atoms with Gasteiger partial charge in [0.1, 0.15) is 0 Å². The Kier molecular flexibility index (Phi) is 9.03. The second kappa shape index (κ2) is 8.85. The number of hydrogen-bond donors (Lipinski definition) is 1. The monoisotopic (exact) mass is 295 g/mol. The molecule has 0 heterocycles. The number of allylic oxidation sites excluding steroid dienone is 1. The van der Waals surface area contributed by atoms with Crippen LogP contribution < -0.4 is 5.73 Å². The predicted molar refractivity (Wildman–Crippen MR) is 69.0 cm³/mol. The maximum Gasteiger partial charge on any atom is -0.000462 e. The van der Waals surface area contributed by atoms with Gasteiger partial charge in [-0.2, -0.15) is 0 Å². The van der Waals surface area contributed by atoms with E-state index in [0.717, 1.165) is 18.3 Å². The van der Waals surface area contributed by atoms with Crippen LogP contribution in [-0.4, -0.2) is 4.43 Å². The lowest BCUT2D eigenvalue weighted by atomic mass is 9.86. The Balaban J connectivity index is 3.76. The van der Waals surface area contributed by atoms with Gasteiger partial charge in [-0.25, -0.2) is 0 Å². The zero-order valence-electron chi connectivity index (χ0n) is 8.80. The summed E-state index contributed by atoms with van der Waals surface area (Å²) in [5.74, 6) is 1.67. The van der Waals surface area contributed by atoms with Crippen molar-refractivity contribution in [2.75, 3.05) is 4.43 Å². The smallest absolute Gasteiger partial charge is 0.000462 e. The number of halogens is 1. The van der Waals surface area contributed by atoms with E-state index >= 15 is 0 Å². The lowest BCUT2D eigenvalue weighted by molar-refractivity contribution is 0.326. The molecule has 0 aliphatic carbocycles. The van der Waals surface area contributed by atoms with E-state index in [4.69, 9.17) is 5.73 Å². The minimum Gasteiger partial charge on any atom is -0.405 e. The third kappa shape index (κ3) is 6.36. The number of hydrogen-bond acceptors (Lipinski definition) is 1. The minimum atomic E-state index is 0.785. The molecule has 0 aromatic carbocycles. The maximum atomic E-state index is 5.34. The van der Waals surface area contributed by atoms with Crippen LogP contribution in [0.2, 0.25) is 0 Å². The highest BCUT2D eigenvalue weighted by Gasteiger charge is 2.13. The average molecular weight is 295 g/mol. The highest BCUT2D eigenvalue weighted by molar-refractivity contribution is 14.1. The topological polar surface area (TPSA) is 26.0 Å². The molecule has 0 saturated carbocycles. The number of nitrogens with two attached hydrogens (primary N) is 1. The third-order valence-corrected chi connectivity index (χ3v) is 3.44. The van der Waals surface area contributed by atoms with E-state index in [0.29, 0.717) is 0 Å². The Morgan fingerprint density at radius 3 is 2.62 bits per heavy atom. The SMILES string of the molecule is CCC(CCCI)C(C)C/C=C/N. The van der Waals surface area contributed by atoms with Gasteiger partial charge in [0, 0.05) is 0 Å². The van der Waals surface area contributed by atoms with E-state index < -0.39 is 0 Å². The summed E-state index contributed by atoms with van der Waals surface area (Å²) in [4.78, 5) is 0. The highest BCUT2D eigenvalue weighted by atomic mass is 127. The van der Waals surface area contributed by atoms with E-state index in [1.165, 1.54) is 23.7 Å². The van der Waals surface area contributed by atoms with Crippen molar-refractivity contribution in [1.29, 1.82) is 0 Å². The molecule has 2 N–H and O–H groups in total. The first-order valence-electron chi connectivity index (χ1n) is 5.18. The van der Waals surface area contributed by atoms with Crippen LogP contribution in [0.25, 0.3) is 0 Å². The summed E-state index contributed by atoms with van der Waals surface area (Å²) in [6.07, 6.45) is 8.92. The van der Waals surface area contributed by atoms with Crippen LogP contribution in [0, 0.1) is 11.8 Å². The molecule has 0 aromatic rings. The van der Waals surface area contributed by atoms with Crippen LogP contribution in [0.3, 0.4) is 0 Å². The van der Waals surface area contributed by atoms with Gasteiger partial charge in [-0.05, 0) is 41.7 Å². The van der Waals surface area contributed by atoms with Gasteiger partial charge in [-0.1, -0.05) is 48.9 Å². The molecule has 2 unspecified atom stereocenters. The van der Waals surface area contributed by atoms with Crippen molar-refractivity contribution in [3.63, 3.8) is 0 Å². The molecule has 78 valence electrons. The molecule has 1 nitrogen and oxygen atoms in total. The molecule has 0 saturated heterocycles. The Morgan fingerprint density at radius 1 is 1.46 bits per heavy atom. The Morgan fingerprint density at radius 2 is 2.15 bits per heavy atom. The summed E-state index contributed by atoms with van der Waals surface area (Å²) < 4.78 is 1.29. The molecular formula is C11H22IN. The van der Waals surface area contributed by atoms with Crippen molar-refractivity contribution in [3.8, 4) is 0 Å². The summed E-state index contributed by atoms with van der Waals surface area (Å²) in [5.41, 5.74) is 5.34. The maximum absolute atomic E-state index is 5.34. The molecule has 0 bridgehead atoms. The fourth-order valence-electron chi connectivity index (χ4n) is 1.72. The van der Waals surface area contributed by atoms with Gasteiger partial charge in [0.25, 0.3) is 0 Å². The molecule has 0 amide bonds. The van der Waals surface area contributed by atoms with Gasteiger partial charge < -0.3 is 5.73 Å². The lowest BCUT2D eigenvalue weighted by Gasteiger charge is -2.20. The van der Waals surface area contributed by atoms with Crippen LogP contribution in [0.5, 0.6) is 0 Å². The number of alkyl halides is 1. The third-order valence-electron chi connectivity index (χ3n) is 2.68. The van der Waals surface area contributed by atoms with Gasteiger partial charge in [-0.15, -0.1) is 0 Å². The van der Waals surface area contributed by atoms with Crippen LogP contribution in [-0.2, 0) is 0 Å². The number of rotatable bonds is 7. The molecule has 0 aromatic heterocycles. The van der Waals surface area contributed by atoms with Crippen molar-refractivity contribution in [3.05, 3.63) is 12.3 Å². The van der Waals surface area contributed by atoms with Gasteiger partial charge in [0.15, 0.2) is 0 Å². The highest BCUT2D eigenvalue weighted by Crippen LogP contribution is 2.24. The fourth-order valence-corrected chi connectivity index (χ4v) is 2.16. The molecule has 2 heteroatoms. The summed E-state index contributed by atoms with van der Waals surface area (Å²) >= 11 is 2.46. The van der Waals surface area contributed by atoms with Gasteiger partial charge >= 0.3 is 0 Å². The summed E-state index contributed by atoms with van der Waals surface area (Å²) in [6, 6.07) is 0. The van der Waals surface area contributed by atoms with Crippen molar-refractivity contribution >= 4 is 22.6 Å². The zero-order chi connectivity index (χ0) is 10.1. The molecule has 0 spiro atoms. The normalized spacial score (nSPS) is 16.2. The second-order valence-electron chi connectivity index (χ2n) is 3.64. The van der Waals surface area contributed by atoms with Crippen molar-refractivity contribution in [1.82, 2.24) is 0 Å². The molecule has 13 heavy (non-hydrogen) atoms. The molecule has 0 fully saturated rings. The van der Waals surface area contributed by atoms with Crippen molar-refractivity contribution < 1.29 is 0 Å². The van der Waals surface area contributed by atoms with Gasteiger partial charge in [-0.3, -0.25) is 0 Å². The Bertz CT molecular complexity index is 134. The lowest BCUT2D eigenvalue weighted by Crippen LogP contribution is -2.10. The average Bonchev–Trinajstić information content (AvgIpc) is 2.16. The van der Waals surface area contributed by atoms with Crippen LogP contribution in [0.4, 0.5) is 0 Å². The van der Waals surface area contributed by atoms with E-state index in [9.17, 15) is 0 Å². The summed E-state index contributed by atoms with van der Waals surface area (Å²) in [5, 5.41) is 0. The molecule has 0 rings (SSSR count). The first-order chi connectivity index (χ1) is 6.26. The quantitative estimate of drug-likeness (QED) is 0.562. The van der Waals surface area contributed by atoms with Gasteiger partial charge in [0.2, 0.25) is 0 Å². The summed E-state index contributed by atoms with van der Waals surface area (Å²) in [6.45, 7) is 4.63. The van der Waals surface area contributed by atoms with E-state index in [2.05, 4.69) is 42.5 Å². The van der Waals surface area contributed by atoms with E-state index in [1.54, 1.807) is 6.20 Å². The van der Waals surface area contributed by atoms with Crippen molar-refractivity contribution in [2.24, 2.45) is 17.6 Å². The molecule has 0 aliphatic heterocycles. The largest absolute Gasteiger partial charge is 0.405 e. The molecule has 2 atom stereocenters. The van der Waals surface area contributed by atoms with E-state index in [1.807, 2.05) is 0 Å². The first kappa shape index (κ1) is 13.3. The Hall–Kier alpha value is 0.270. The standard InChI is InChI=1S/C11H22IN/c1-3-11(7-4-8-12)10(2)6-5-9-13/h5,9-11H,3-4,6-8,13H2,1-2H3/b9-5+. The van der Waals surface area contributed by atoms with Crippen LogP contribution in [0.1, 0.15) is 39.5 Å². The fraction of sp³-hybridized carbons (Fsp3) is 0.818. The molecule has 0 aliphatic rings. The van der Waals surface area contributed by atoms with Crippen LogP contribution >= 0.6 is 22.6 Å². The van der Waals surface area contributed by atoms with Crippen LogP contribution in [0.15, 0.2) is 12.3 Å². The first-order valence-corrected chi connectivity index (χ1v) is 6.71. The molecular weight excluding hydrogens is 273 g/mol. The minimum absolute atomic E-state index is 0.785. The summed E-state index contributed by atoms with van der Waals surface area (Å²) in [7, 11) is 0. The van der Waals surface area contributed by atoms with E-state index in [-0.39, 0.29) is 0 Å². The second-order valence-corrected chi connectivity index (χ2v) is 4.72. The molecule has 0 radical (unpaired) electrons. The van der Waals surface area contributed by atoms with Crippen molar-refractivity contribution in [2.45, 2.75) is 39.5 Å². The van der Waals surface area contributed by atoms with Gasteiger partial charge in [0.05, 0.1) is 0 Å². The zero-order valence-corrected chi connectivity index (χ0v) is 11.0. The Labute approximate surface area is 96.3 Å².